The summed E-state index contributed by atoms with van der Waals surface area (Å²) in [5.74, 6) is -0.419. The minimum absolute atomic E-state index is 0.0798. The van der Waals surface area contributed by atoms with Gasteiger partial charge >= 0.3 is 5.97 Å². The van der Waals surface area contributed by atoms with Gasteiger partial charge in [-0.15, -0.1) is 0 Å². The minimum atomic E-state index is -2.69. The van der Waals surface area contributed by atoms with Gasteiger partial charge in [-0.25, -0.2) is 5.09 Å². The van der Waals surface area contributed by atoms with Crippen LogP contribution in [0.25, 0.3) is 0 Å². The number of halogens is 1. The molecule has 0 aromatic carbocycles. The molecule has 0 bridgehead atoms. The molecule has 0 heterocycles. The molecular formula is C8H17INO4P. The van der Waals surface area contributed by atoms with Crippen LogP contribution < -0.4 is 5.09 Å². The number of hydrogen-bond donors (Lipinski definition) is 1. The topological polar surface area (TPSA) is 64.6 Å². The smallest absolute Gasteiger partial charge is 0.326 e. The highest BCUT2D eigenvalue weighted by Crippen LogP contribution is 2.51. The van der Waals surface area contributed by atoms with Gasteiger partial charge in [0.15, 0.2) is 0 Å². The predicted octanol–water partition coefficient (Wildman–Crippen LogP) is 2.15. The molecule has 15 heavy (non-hydrogen) atoms. The number of hydrogen-bond acceptors (Lipinski definition) is 4. The maximum atomic E-state index is 11.9. The van der Waals surface area contributed by atoms with Crippen molar-refractivity contribution in [2.24, 2.45) is 0 Å². The van der Waals surface area contributed by atoms with Crippen molar-refractivity contribution in [1.29, 1.82) is 0 Å². The van der Waals surface area contributed by atoms with E-state index in [9.17, 15) is 9.36 Å². The van der Waals surface area contributed by atoms with Crippen LogP contribution in [0.3, 0.4) is 0 Å². The predicted molar refractivity (Wildman–Crippen MR) is 67.4 cm³/mol. The standard InChI is InChI=1S/C8H17INO4P/c1-5-14-7(11)8(2,3)10-15(9,12)6-13-4/h5-6H2,1-4H3,(H,10,12). The average Bonchev–Trinajstić information content (AvgIpc) is 2.01. The molecule has 0 aliphatic carbocycles. The SMILES string of the molecule is CCOC(=O)C(C)(C)NP(=O)(I)COC. The third kappa shape index (κ3) is 5.85. The molecule has 0 aromatic heterocycles. The Morgan fingerprint density at radius 1 is 1.53 bits per heavy atom. The maximum absolute atomic E-state index is 11.9. The van der Waals surface area contributed by atoms with E-state index in [1.54, 1.807) is 42.8 Å². The van der Waals surface area contributed by atoms with E-state index in [-0.39, 0.29) is 6.35 Å². The molecule has 0 rings (SSSR count). The van der Waals surface area contributed by atoms with Gasteiger partial charge in [0, 0.05) is 29.2 Å². The molecule has 0 saturated heterocycles. The lowest BCUT2D eigenvalue weighted by atomic mass is 10.1. The lowest BCUT2D eigenvalue weighted by molar-refractivity contribution is -0.148. The first kappa shape index (κ1) is 15.3. The number of carbonyl (C=O) groups excluding carboxylic acids is 1. The molecule has 1 N–H and O–H groups in total. The van der Waals surface area contributed by atoms with Crippen molar-refractivity contribution in [2.75, 3.05) is 20.1 Å². The molecule has 0 fully saturated rings. The highest BCUT2D eigenvalue weighted by molar-refractivity contribution is 14.2. The number of rotatable bonds is 6. The number of methoxy groups -OCH3 is 1. The minimum Gasteiger partial charge on any atom is -0.465 e. The van der Waals surface area contributed by atoms with Crippen LogP contribution in [0.1, 0.15) is 20.8 Å². The van der Waals surface area contributed by atoms with Crippen LogP contribution in [0.2, 0.25) is 0 Å². The van der Waals surface area contributed by atoms with Crippen molar-refractivity contribution < 1.29 is 18.8 Å². The molecule has 0 spiro atoms. The van der Waals surface area contributed by atoms with Crippen molar-refractivity contribution >= 4 is 32.9 Å². The summed E-state index contributed by atoms with van der Waals surface area (Å²) in [5, 5.41) is 2.76. The Balaban J connectivity index is 4.48. The van der Waals surface area contributed by atoms with E-state index in [2.05, 4.69) is 5.09 Å². The van der Waals surface area contributed by atoms with Gasteiger partial charge in [0.1, 0.15) is 11.9 Å². The first-order valence-corrected chi connectivity index (χ1v) is 9.17. The molecule has 5 nitrogen and oxygen atoms in total. The van der Waals surface area contributed by atoms with E-state index in [0.717, 1.165) is 0 Å². The third-order valence-corrected chi connectivity index (χ3v) is 4.57. The summed E-state index contributed by atoms with van der Waals surface area (Å²) in [6, 6.07) is 0. The molecular weight excluding hydrogens is 332 g/mol. The van der Waals surface area contributed by atoms with Crippen molar-refractivity contribution in [1.82, 2.24) is 5.09 Å². The second-order valence-corrected chi connectivity index (χ2v) is 9.99. The Morgan fingerprint density at radius 3 is 2.47 bits per heavy atom. The quantitative estimate of drug-likeness (QED) is 0.452. The normalized spacial score (nSPS) is 15.8. The average molecular weight is 349 g/mol. The Kier molecular flexibility index (Phi) is 6.32. The molecule has 0 aromatic rings. The number of ether oxygens (including phenoxy) is 2. The van der Waals surface area contributed by atoms with Crippen LogP contribution in [0.5, 0.6) is 0 Å². The van der Waals surface area contributed by atoms with Gasteiger partial charge in [-0.05, 0) is 20.8 Å². The maximum Gasteiger partial charge on any atom is 0.326 e. The van der Waals surface area contributed by atoms with E-state index < -0.39 is 16.4 Å². The zero-order valence-corrected chi connectivity index (χ0v) is 12.4. The summed E-state index contributed by atoms with van der Waals surface area (Å²) < 4.78 is 21.6. The van der Waals surface area contributed by atoms with Crippen molar-refractivity contribution in [3.8, 4) is 0 Å². The van der Waals surface area contributed by atoms with E-state index in [1.807, 2.05) is 0 Å². The van der Waals surface area contributed by atoms with Crippen LogP contribution in [0.4, 0.5) is 0 Å². The van der Waals surface area contributed by atoms with Gasteiger partial charge < -0.3 is 9.47 Å². The second kappa shape index (κ2) is 6.18. The molecule has 0 saturated carbocycles. The van der Waals surface area contributed by atoms with Crippen molar-refractivity contribution in [3.63, 3.8) is 0 Å². The van der Waals surface area contributed by atoms with Crippen LogP contribution in [-0.4, -0.2) is 31.6 Å². The fourth-order valence-corrected chi connectivity index (χ4v) is 4.94. The molecule has 7 heteroatoms. The van der Waals surface area contributed by atoms with E-state index in [1.165, 1.54) is 7.11 Å². The van der Waals surface area contributed by atoms with Crippen LogP contribution in [0.15, 0.2) is 0 Å². The van der Waals surface area contributed by atoms with Crippen LogP contribution in [0, 0.1) is 0 Å². The largest absolute Gasteiger partial charge is 0.465 e. The second-order valence-electron chi connectivity index (χ2n) is 3.53. The van der Waals surface area contributed by atoms with E-state index >= 15 is 0 Å². The summed E-state index contributed by atoms with van der Waals surface area (Å²) in [7, 11) is 1.46. The highest BCUT2D eigenvalue weighted by Gasteiger charge is 2.35. The van der Waals surface area contributed by atoms with Gasteiger partial charge in [-0.2, -0.15) is 0 Å². The molecule has 0 aliphatic heterocycles. The lowest BCUT2D eigenvalue weighted by Crippen LogP contribution is -2.45. The fourth-order valence-electron chi connectivity index (χ4n) is 0.973. The van der Waals surface area contributed by atoms with Gasteiger partial charge in [-0.1, -0.05) is 0 Å². The van der Waals surface area contributed by atoms with E-state index in [0.29, 0.717) is 6.61 Å². The number of carbonyl (C=O) groups is 1. The zero-order valence-electron chi connectivity index (χ0n) is 9.37. The molecule has 0 aliphatic rings. The zero-order chi connectivity index (χ0) is 12.1. The lowest BCUT2D eigenvalue weighted by Gasteiger charge is -2.26. The first-order valence-electron chi connectivity index (χ1n) is 4.49. The highest BCUT2D eigenvalue weighted by atomic mass is 127. The summed E-state index contributed by atoms with van der Waals surface area (Å²) in [6.45, 7) is 5.30. The number of nitrogens with one attached hydrogen (secondary N) is 1. The molecule has 90 valence electrons. The molecule has 1 atom stereocenters. The summed E-state index contributed by atoms with van der Waals surface area (Å²) in [6.07, 6.45) is 0.0798. The van der Waals surface area contributed by atoms with Crippen LogP contribution in [-0.2, 0) is 18.8 Å². The van der Waals surface area contributed by atoms with Gasteiger partial charge in [0.25, 0.3) is 0 Å². The molecule has 0 radical (unpaired) electrons. The van der Waals surface area contributed by atoms with Gasteiger partial charge in [0.05, 0.1) is 6.61 Å². The third-order valence-electron chi connectivity index (χ3n) is 1.53. The number of esters is 1. The fraction of sp³-hybridized carbons (Fsp3) is 0.875. The van der Waals surface area contributed by atoms with E-state index in [4.69, 9.17) is 9.47 Å². The van der Waals surface area contributed by atoms with Crippen molar-refractivity contribution in [3.05, 3.63) is 0 Å². The van der Waals surface area contributed by atoms with Gasteiger partial charge in [-0.3, -0.25) is 9.36 Å². The van der Waals surface area contributed by atoms with Crippen LogP contribution >= 0.6 is 27.0 Å². The Hall–Kier alpha value is 0.350. The Labute approximate surface area is 103 Å². The van der Waals surface area contributed by atoms with Gasteiger partial charge in [0.2, 0.25) is 4.94 Å². The Bertz CT molecular complexity index is 269. The van der Waals surface area contributed by atoms with Crippen molar-refractivity contribution in [2.45, 2.75) is 26.3 Å². The molecule has 1 unspecified atom stereocenters. The molecule has 0 amide bonds. The Morgan fingerprint density at radius 2 is 2.07 bits per heavy atom. The summed E-state index contributed by atoms with van der Waals surface area (Å²) in [4.78, 5) is 8.80. The summed E-state index contributed by atoms with van der Waals surface area (Å²) in [5.41, 5.74) is -0.967. The monoisotopic (exact) mass is 349 g/mol. The first-order chi connectivity index (χ1) is 6.75. The summed E-state index contributed by atoms with van der Waals surface area (Å²) >= 11 is 1.77.